The van der Waals surface area contributed by atoms with Gasteiger partial charge in [-0.2, -0.15) is 0 Å². The van der Waals surface area contributed by atoms with Crippen molar-refractivity contribution in [1.82, 2.24) is 9.97 Å². The number of benzene rings is 4. The van der Waals surface area contributed by atoms with E-state index in [4.69, 9.17) is 16.3 Å². The fourth-order valence-electron chi connectivity index (χ4n) is 5.28. The largest absolute Gasteiger partial charge is 0.507 e. The molecule has 0 saturated carbocycles. The number of phenols is 2. The number of hydrogen-bond acceptors (Lipinski definition) is 5. The number of rotatable bonds is 4. The molecule has 2 heterocycles. The summed E-state index contributed by atoms with van der Waals surface area (Å²) >= 11 is 6.38. The number of anilines is 1. The molecule has 0 radical (unpaired) electrons. The molecule has 0 aliphatic carbocycles. The van der Waals surface area contributed by atoms with E-state index in [1.165, 1.54) is 7.11 Å². The van der Waals surface area contributed by atoms with Crippen molar-refractivity contribution in [3.05, 3.63) is 77.4 Å². The number of hydrogen-bond donors (Lipinski definition) is 3. The number of H-pyrrole nitrogens is 1. The molecule has 6 rings (SSSR count). The molecule has 1 amide bonds. The highest BCUT2D eigenvalue weighted by Gasteiger charge is 2.35. The number of imidazole rings is 1. The first kappa shape index (κ1) is 23.2. The van der Waals surface area contributed by atoms with Crippen LogP contribution in [-0.2, 0) is 0 Å². The minimum absolute atomic E-state index is 0.0446. The van der Waals surface area contributed by atoms with Crippen LogP contribution in [0.25, 0.3) is 33.2 Å². The van der Waals surface area contributed by atoms with Crippen molar-refractivity contribution in [3.63, 3.8) is 0 Å². The standard InChI is InChI=1S/C29H24ClN3O4/c1-15-4-3-5-19-24(35)12-22-27(26(15)19)18(13-30)14-33(22)29(36)17-6-8-20-21(10-17)32-28(31-20)16-7-9-23(34)25(11-16)37-2/h3-12,18,34-35H,13-14H2,1-2H3,(H,31,32). The van der Waals surface area contributed by atoms with E-state index in [1.54, 1.807) is 47.4 Å². The zero-order valence-electron chi connectivity index (χ0n) is 20.2. The third kappa shape index (κ3) is 3.65. The number of ether oxygens (including phenoxy) is 1. The Morgan fingerprint density at radius 2 is 1.97 bits per heavy atom. The monoisotopic (exact) mass is 513 g/mol. The van der Waals surface area contributed by atoms with Crippen LogP contribution in [-0.4, -0.2) is 45.6 Å². The zero-order chi connectivity index (χ0) is 25.8. The van der Waals surface area contributed by atoms with E-state index in [0.717, 1.165) is 27.5 Å². The molecular formula is C29H24ClN3O4. The first-order valence-corrected chi connectivity index (χ1v) is 12.4. The summed E-state index contributed by atoms with van der Waals surface area (Å²) in [6, 6.07) is 17.8. The van der Waals surface area contributed by atoms with Crippen molar-refractivity contribution in [1.29, 1.82) is 0 Å². The number of aromatic nitrogens is 2. The van der Waals surface area contributed by atoms with Gasteiger partial charge in [0.25, 0.3) is 5.91 Å². The highest BCUT2D eigenvalue weighted by molar-refractivity contribution is 6.19. The maximum atomic E-state index is 13.8. The summed E-state index contributed by atoms with van der Waals surface area (Å²) in [6.45, 7) is 2.44. The number of phenolic OH excluding ortho intramolecular Hbond substituents is 2. The minimum atomic E-state index is -0.175. The molecule has 4 aromatic carbocycles. The maximum Gasteiger partial charge on any atom is 0.258 e. The van der Waals surface area contributed by atoms with E-state index in [-0.39, 0.29) is 23.3 Å². The SMILES string of the molecule is COc1cc(-c2nc3ccc(C(=O)N4CC(CCl)c5c4cc(O)c4cccc(C)c54)cc3[nH]2)ccc1O. The summed E-state index contributed by atoms with van der Waals surface area (Å²) in [5.41, 5.74) is 5.38. The number of amides is 1. The van der Waals surface area contributed by atoms with Crippen LogP contribution < -0.4 is 9.64 Å². The minimum Gasteiger partial charge on any atom is -0.507 e. The number of alkyl halides is 1. The van der Waals surface area contributed by atoms with Gasteiger partial charge in [-0.25, -0.2) is 4.98 Å². The molecule has 5 aromatic rings. The Hall–Kier alpha value is -4.23. The van der Waals surface area contributed by atoms with E-state index in [0.29, 0.717) is 46.3 Å². The van der Waals surface area contributed by atoms with Gasteiger partial charge in [0.2, 0.25) is 0 Å². The second kappa shape index (κ2) is 8.71. The number of carbonyl (C=O) groups is 1. The molecule has 1 unspecified atom stereocenters. The molecule has 0 spiro atoms. The van der Waals surface area contributed by atoms with Gasteiger partial charge in [-0.3, -0.25) is 4.79 Å². The van der Waals surface area contributed by atoms with Gasteiger partial charge >= 0.3 is 0 Å². The quantitative estimate of drug-likeness (QED) is 0.252. The van der Waals surface area contributed by atoms with Crippen molar-refractivity contribution in [2.24, 2.45) is 0 Å². The van der Waals surface area contributed by atoms with Gasteiger partial charge < -0.3 is 24.8 Å². The van der Waals surface area contributed by atoms with Crippen LogP contribution in [0.2, 0.25) is 0 Å². The molecule has 1 aliphatic heterocycles. The van der Waals surface area contributed by atoms with Gasteiger partial charge in [0, 0.05) is 40.9 Å². The zero-order valence-corrected chi connectivity index (χ0v) is 21.0. The number of nitrogens with zero attached hydrogens (tertiary/aromatic N) is 2. The van der Waals surface area contributed by atoms with E-state index in [9.17, 15) is 15.0 Å². The molecular weight excluding hydrogens is 490 g/mol. The lowest BCUT2D eigenvalue weighted by Gasteiger charge is -2.19. The molecule has 7 nitrogen and oxygen atoms in total. The lowest BCUT2D eigenvalue weighted by Crippen LogP contribution is -2.30. The van der Waals surface area contributed by atoms with Crippen LogP contribution in [0.5, 0.6) is 17.2 Å². The Morgan fingerprint density at radius 1 is 1.14 bits per heavy atom. The topological polar surface area (TPSA) is 98.7 Å². The number of halogens is 1. The molecule has 0 bridgehead atoms. The van der Waals surface area contributed by atoms with Gasteiger partial charge in [-0.05, 0) is 59.8 Å². The van der Waals surface area contributed by atoms with Crippen LogP contribution >= 0.6 is 11.6 Å². The first-order chi connectivity index (χ1) is 17.9. The number of fused-ring (bicyclic) bond motifs is 4. The van der Waals surface area contributed by atoms with Crippen LogP contribution in [0.1, 0.15) is 27.4 Å². The lowest BCUT2D eigenvalue weighted by molar-refractivity contribution is 0.0988. The summed E-state index contributed by atoms with van der Waals surface area (Å²) in [5.74, 6) is 1.28. The number of aromatic hydroxyl groups is 2. The molecule has 0 saturated heterocycles. The van der Waals surface area contributed by atoms with Gasteiger partial charge in [0.15, 0.2) is 11.5 Å². The van der Waals surface area contributed by atoms with Gasteiger partial charge in [-0.15, -0.1) is 11.6 Å². The molecule has 186 valence electrons. The molecule has 1 aromatic heterocycles. The predicted octanol–water partition coefficient (Wildman–Crippen LogP) is 6.09. The lowest BCUT2D eigenvalue weighted by atomic mass is 9.92. The fraction of sp³-hybridized carbons (Fsp3) is 0.172. The van der Waals surface area contributed by atoms with E-state index < -0.39 is 0 Å². The summed E-state index contributed by atoms with van der Waals surface area (Å²) in [5, 5.41) is 22.4. The third-order valence-corrected chi connectivity index (χ3v) is 7.46. The second-order valence-electron chi connectivity index (χ2n) is 9.30. The Morgan fingerprint density at radius 3 is 2.76 bits per heavy atom. The van der Waals surface area contributed by atoms with Crippen molar-refractivity contribution in [2.45, 2.75) is 12.8 Å². The van der Waals surface area contributed by atoms with Crippen LogP contribution in [0.4, 0.5) is 5.69 Å². The average Bonchev–Trinajstić information content (AvgIpc) is 3.50. The van der Waals surface area contributed by atoms with E-state index in [2.05, 4.69) is 9.97 Å². The molecule has 0 fully saturated rings. The third-order valence-electron chi connectivity index (χ3n) is 7.08. The van der Waals surface area contributed by atoms with Crippen LogP contribution in [0, 0.1) is 6.92 Å². The second-order valence-corrected chi connectivity index (χ2v) is 9.61. The Balaban J connectivity index is 1.40. The fourth-order valence-corrected chi connectivity index (χ4v) is 5.53. The number of nitrogens with one attached hydrogen (secondary N) is 1. The van der Waals surface area contributed by atoms with E-state index >= 15 is 0 Å². The number of aromatic amines is 1. The molecule has 3 N–H and O–H groups in total. The van der Waals surface area contributed by atoms with Gasteiger partial charge in [0.1, 0.15) is 11.6 Å². The number of carbonyl (C=O) groups excluding carboxylic acids is 1. The highest BCUT2D eigenvalue weighted by Crippen LogP contribution is 2.46. The van der Waals surface area contributed by atoms with Gasteiger partial charge in [0.05, 0.1) is 23.8 Å². The number of methoxy groups -OCH3 is 1. The van der Waals surface area contributed by atoms with Crippen LogP contribution in [0.3, 0.4) is 0 Å². The summed E-state index contributed by atoms with van der Waals surface area (Å²) < 4.78 is 5.21. The molecule has 1 atom stereocenters. The normalized spacial score (nSPS) is 14.9. The Labute approximate surface area is 217 Å². The average molecular weight is 514 g/mol. The molecule has 8 heteroatoms. The van der Waals surface area contributed by atoms with Crippen molar-refractivity contribution in [2.75, 3.05) is 24.4 Å². The Kier molecular flexibility index (Phi) is 5.46. The maximum absolute atomic E-state index is 13.8. The summed E-state index contributed by atoms with van der Waals surface area (Å²) in [7, 11) is 1.49. The van der Waals surface area contributed by atoms with E-state index in [1.807, 2.05) is 25.1 Å². The van der Waals surface area contributed by atoms with Crippen molar-refractivity contribution < 1.29 is 19.7 Å². The summed E-state index contributed by atoms with van der Waals surface area (Å²) in [4.78, 5) is 23.4. The smallest absolute Gasteiger partial charge is 0.258 e. The predicted molar refractivity (Wildman–Crippen MR) is 145 cm³/mol. The van der Waals surface area contributed by atoms with Crippen LogP contribution in [0.15, 0.2) is 60.7 Å². The van der Waals surface area contributed by atoms with Crippen molar-refractivity contribution in [3.8, 4) is 28.6 Å². The van der Waals surface area contributed by atoms with Gasteiger partial charge in [-0.1, -0.05) is 18.2 Å². The first-order valence-electron chi connectivity index (χ1n) is 11.9. The highest BCUT2D eigenvalue weighted by atomic mass is 35.5. The molecule has 37 heavy (non-hydrogen) atoms. The number of aryl methyl sites for hydroxylation is 1. The Bertz CT molecular complexity index is 1710. The van der Waals surface area contributed by atoms with Crippen molar-refractivity contribution >= 4 is 45.0 Å². The molecule has 1 aliphatic rings. The summed E-state index contributed by atoms with van der Waals surface area (Å²) in [6.07, 6.45) is 0.